The Morgan fingerprint density at radius 3 is 2.72 bits per heavy atom. The quantitative estimate of drug-likeness (QED) is 0.815. The number of carbonyl (C=O) groups excluding carboxylic acids is 2. The third-order valence-corrected chi connectivity index (χ3v) is 4.98. The average Bonchev–Trinajstić information content (AvgIpc) is 2.91. The summed E-state index contributed by atoms with van der Waals surface area (Å²) in [6.07, 6.45) is 0.00710. The summed E-state index contributed by atoms with van der Waals surface area (Å²) in [5.74, 6) is -0.565. The maximum Gasteiger partial charge on any atom is 0.240 e. The van der Waals surface area contributed by atoms with Crippen LogP contribution in [0.2, 0.25) is 10.0 Å². The minimum Gasteiger partial charge on any atom is -0.325 e. The number of aliphatic imine (C=N–C) groups is 1. The lowest BCUT2D eigenvalue weighted by atomic mass is 10.2. The van der Waals surface area contributed by atoms with Gasteiger partial charge in [-0.25, -0.2) is 4.99 Å². The lowest BCUT2D eigenvalue weighted by Gasteiger charge is -2.09. The van der Waals surface area contributed by atoms with E-state index in [4.69, 9.17) is 23.2 Å². The Balaban J connectivity index is 1.63. The van der Waals surface area contributed by atoms with Crippen molar-refractivity contribution < 1.29 is 9.59 Å². The molecular formula is C17H13Cl2N3O2S. The SMILES string of the molecule is O=C(C[C@@H]1SC(=Nc2ccccc2)NC1=O)Nc1cc(Cl)ccc1Cl. The number of anilines is 1. The van der Waals surface area contributed by atoms with Crippen LogP contribution in [0, 0.1) is 0 Å². The molecular weight excluding hydrogens is 381 g/mol. The highest BCUT2D eigenvalue weighted by Crippen LogP contribution is 2.28. The number of hydrogen-bond acceptors (Lipinski definition) is 4. The molecule has 0 radical (unpaired) electrons. The van der Waals surface area contributed by atoms with E-state index in [1.165, 1.54) is 11.8 Å². The van der Waals surface area contributed by atoms with Gasteiger partial charge < -0.3 is 10.6 Å². The van der Waals surface area contributed by atoms with Gasteiger partial charge >= 0.3 is 0 Å². The molecule has 1 aliphatic heterocycles. The van der Waals surface area contributed by atoms with Crippen molar-refractivity contribution in [1.82, 2.24) is 5.32 Å². The summed E-state index contributed by atoms with van der Waals surface area (Å²) in [7, 11) is 0. The summed E-state index contributed by atoms with van der Waals surface area (Å²) >= 11 is 13.1. The number of amides is 2. The monoisotopic (exact) mass is 393 g/mol. The molecule has 8 heteroatoms. The number of nitrogens with one attached hydrogen (secondary N) is 2. The van der Waals surface area contributed by atoms with Gasteiger partial charge in [-0.15, -0.1) is 0 Å². The third kappa shape index (κ3) is 4.75. The van der Waals surface area contributed by atoms with Gasteiger partial charge in [0.05, 0.1) is 16.4 Å². The third-order valence-electron chi connectivity index (χ3n) is 3.34. The van der Waals surface area contributed by atoms with Crippen molar-refractivity contribution in [2.75, 3.05) is 5.32 Å². The summed E-state index contributed by atoms with van der Waals surface area (Å²) in [5, 5.41) is 6.15. The van der Waals surface area contributed by atoms with Gasteiger partial charge in [-0.3, -0.25) is 9.59 Å². The van der Waals surface area contributed by atoms with Crippen molar-refractivity contribution in [1.29, 1.82) is 0 Å². The highest BCUT2D eigenvalue weighted by Gasteiger charge is 2.32. The Bertz CT molecular complexity index is 843. The number of para-hydroxylation sites is 1. The molecule has 1 aliphatic rings. The zero-order chi connectivity index (χ0) is 17.8. The van der Waals surface area contributed by atoms with Crippen molar-refractivity contribution in [3.8, 4) is 0 Å². The van der Waals surface area contributed by atoms with Gasteiger partial charge in [0, 0.05) is 11.4 Å². The number of thioether (sulfide) groups is 1. The van der Waals surface area contributed by atoms with Gasteiger partial charge in [-0.2, -0.15) is 0 Å². The summed E-state index contributed by atoms with van der Waals surface area (Å²) in [6.45, 7) is 0. The lowest BCUT2D eigenvalue weighted by Crippen LogP contribution is -2.28. The number of hydrogen-bond donors (Lipinski definition) is 2. The van der Waals surface area contributed by atoms with E-state index in [0.717, 1.165) is 5.69 Å². The Morgan fingerprint density at radius 2 is 1.96 bits per heavy atom. The molecule has 25 heavy (non-hydrogen) atoms. The molecule has 0 saturated carbocycles. The highest BCUT2D eigenvalue weighted by atomic mass is 35.5. The number of amidine groups is 1. The zero-order valence-corrected chi connectivity index (χ0v) is 15.2. The molecule has 0 aliphatic carbocycles. The van der Waals surface area contributed by atoms with Crippen LogP contribution in [-0.2, 0) is 9.59 Å². The van der Waals surface area contributed by atoms with Crippen LogP contribution >= 0.6 is 35.0 Å². The molecule has 0 aromatic heterocycles. The molecule has 5 nitrogen and oxygen atoms in total. The molecule has 1 saturated heterocycles. The van der Waals surface area contributed by atoms with Crippen LogP contribution in [0.5, 0.6) is 0 Å². The molecule has 1 heterocycles. The lowest BCUT2D eigenvalue weighted by molar-refractivity contribution is -0.122. The number of carbonyl (C=O) groups is 2. The summed E-state index contributed by atoms with van der Waals surface area (Å²) in [4.78, 5) is 28.6. The number of rotatable bonds is 4. The Morgan fingerprint density at radius 1 is 1.20 bits per heavy atom. The Kier molecular flexibility index (Phi) is 5.63. The predicted octanol–water partition coefficient (Wildman–Crippen LogP) is 4.24. The smallest absolute Gasteiger partial charge is 0.240 e. The van der Waals surface area contributed by atoms with E-state index in [1.807, 2.05) is 30.3 Å². The Hall–Kier alpha value is -2.02. The number of benzene rings is 2. The normalized spacial score (nSPS) is 18.2. The Labute approximate surface area is 158 Å². The van der Waals surface area contributed by atoms with Gasteiger partial charge in [0.1, 0.15) is 5.25 Å². The van der Waals surface area contributed by atoms with Crippen LogP contribution in [0.25, 0.3) is 0 Å². The van der Waals surface area contributed by atoms with Crippen LogP contribution in [0.3, 0.4) is 0 Å². The first-order valence-electron chi connectivity index (χ1n) is 7.37. The predicted molar refractivity (Wildman–Crippen MR) is 103 cm³/mol. The van der Waals surface area contributed by atoms with Crippen LogP contribution in [0.4, 0.5) is 11.4 Å². The first-order valence-corrected chi connectivity index (χ1v) is 9.01. The second-order valence-electron chi connectivity index (χ2n) is 5.22. The van der Waals surface area contributed by atoms with Crippen LogP contribution in [-0.4, -0.2) is 22.2 Å². The summed E-state index contributed by atoms with van der Waals surface area (Å²) < 4.78 is 0. The maximum absolute atomic E-state index is 12.2. The molecule has 0 bridgehead atoms. The number of halogens is 2. The fourth-order valence-corrected chi connectivity index (χ4v) is 3.50. The molecule has 2 aromatic carbocycles. The van der Waals surface area contributed by atoms with Gasteiger partial charge in [-0.05, 0) is 30.3 Å². The molecule has 2 amide bonds. The fourth-order valence-electron chi connectivity index (χ4n) is 2.17. The van der Waals surface area contributed by atoms with Crippen molar-refractivity contribution >= 4 is 63.3 Å². The molecule has 0 spiro atoms. The fraction of sp³-hybridized carbons (Fsp3) is 0.118. The van der Waals surface area contributed by atoms with Crippen molar-refractivity contribution in [3.05, 3.63) is 58.6 Å². The van der Waals surface area contributed by atoms with Crippen LogP contribution in [0.15, 0.2) is 53.5 Å². The second-order valence-corrected chi connectivity index (χ2v) is 7.26. The first kappa shape index (κ1) is 17.8. The van der Waals surface area contributed by atoms with E-state index >= 15 is 0 Å². The van der Waals surface area contributed by atoms with E-state index in [2.05, 4.69) is 15.6 Å². The molecule has 128 valence electrons. The molecule has 2 aromatic rings. The first-order chi connectivity index (χ1) is 12.0. The van der Waals surface area contributed by atoms with E-state index in [-0.39, 0.29) is 18.2 Å². The zero-order valence-electron chi connectivity index (χ0n) is 12.8. The second kappa shape index (κ2) is 7.91. The van der Waals surface area contributed by atoms with E-state index in [9.17, 15) is 9.59 Å². The van der Waals surface area contributed by atoms with E-state index in [1.54, 1.807) is 18.2 Å². The standard InChI is InChI=1S/C17H13Cl2N3O2S/c18-10-6-7-12(19)13(8-10)21-15(23)9-14-16(24)22-17(25-14)20-11-4-2-1-3-5-11/h1-8,14H,9H2,(H,21,23)(H,20,22,24)/t14-/m0/s1. The number of nitrogens with zero attached hydrogens (tertiary/aromatic N) is 1. The maximum atomic E-state index is 12.2. The van der Waals surface area contributed by atoms with Gasteiger partial charge in [0.25, 0.3) is 0 Å². The van der Waals surface area contributed by atoms with Crippen LogP contribution in [0.1, 0.15) is 6.42 Å². The largest absolute Gasteiger partial charge is 0.325 e. The van der Waals surface area contributed by atoms with Crippen molar-refractivity contribution in [2.24, 2.45) is 4.99 Å². The van der Waals surface area contributed by atoms with Gasteiger partial charge in [0.15, 0.2) is 5.17 Å². The van der Waals surface area contributed by atoms with E-state index < -0.39 is 5.25 Å². The minimum absolute atomic E-state index is 0.00710. The topological polar surface area (TPSA) is 70.6 Å². The molecule has 0 unspecified atom stereocenters. The van der Waals surface area contributed by atoms with Gasteiger partial charge in [0.2, 0.25) is 11.8 Å². The average molecular weight is 394 g/mol. The summed E-state index contributed by atoms with van der Waals surface area (Å²) in [5.41, 5.74) is 1.15. The summed E-state index contributed by atoms with van der Waals surface area (Å²) in [6, 6.07) is 14.1. The molecule has 2 N–H and O–H groups in total. The van der Waals surface area contributed by atoms with Gasteiger partial charge in [-0.1, -0.05) is 53.2 Å². The van der Waals surface area contributed by atoms with Crippen molar-refractivity contribution in [2.45, 2.75) is 11.7 Å². The van der Waals surface area contributed by atoms with Crippen LogP contribution < -0.4 is 10.6 Å². The highest BCUT2D eigenvalue weighted by molar-refractivity contribution is 8.15. The van der Waals surface area contributed by atoms with E-state index in [0.29, 0.717) is 20.9 Å². The molecule has 3 rings (SSSR count). The van der Waals surface area contributed by atoms with Crippen molar-refractivity contribution in [3.63, 3.8) is 0 Å². The minimum atomic E-state index is -0.541. The molecule has 1 atom stereocenters. The molecule has 1 fully saturated rings.